The van der Waals surface area contributed by atoms with Crippen LogP contribution in [0.1, 0.15) is 39.3 Å². The Labute approximate surface area is 154 Å². The lowest BCUT2D eigenvalue weighted by Crippen LogP contribution is -2.51. The van der Waals surface area contributed by atoms with Crippen LogP contribution in [0.5, 0.6) is 5.75 Å². The zero-order chi connectivity index (χ0) is 19.3. The van der Waals surface area contributed by atoms with Gasteiger partial charge in [0.05, 0.1) is 6.61 Å². The summed E-state index contributed by atoms with van der Waals surface area (Å²) in [5.74, 6) is -0.185. The van der Waals surface area contributed by atoms with E-state index in [4.69, 9.17) is 9.47 Å². The highest BCUT2D eigenvalue weighted by molar-refractivity contribution is 5.75. The first kappa shape index (κ1) is 20.0. The van der Waals surface area contributed by atoms with E-state index in [1.807, 2.05) is 32.6 Å². The summed E-state index contributed by atoms with van der Waals surface area (Å²) >= 11 is 0. The molecule has 0 aromatic heterocycles. The molecule has 1 fully saturated rings. The molecule has 26 heavy (non-hydrogen) atoms. The standard InChI is InChI=1S/C19H28N2O5/c1-5-25-15-8-6-14(7-9-15)16(17(22)23)20-10-12-21(13-11-20)18(24)26-19(2,3)4/h6-9,16H,5,10-13H2,1-4H3,(H,22,23)/t16-/m0/s1. The minimum atomic E-state index is -0.903. The SMILES string of the molecule is CCOc1ccc([C@@H](C(=O)O)N2CCN(C(=O)OC(C)(C)C)CC2)cc1. The van der Waals surface area contributed by atoms with Crippen molar-refractivity contribution in [3.63, 3.8) is 0 Å². The normalized spacial score (nSPS) is 16.8. The van der Waals surface area contributed by atoms with Crippen molar-refractivity contribution in [3.05, 3.63) is 29.8 Å². The minimum absolute atomic E-state index is 0.356. The molecule has 1 aromatic carbocycles. The monoisotopic (exact) mass is 364 g/mol. The van der Waals surface area contributed by atoms with Crippen LogP contribution in [-0.4, -0.2) is 65.4 Å². The van der Waals surface area contributed by atoms with Crippen molar-refractivity contribution in [2.75, 3.05) is 32.8 Å². The van der Waals surface area contributed by atoms with Crippen molar-refractivity contribution in [2.24, 2.45) is 0 Å². The van der Waals surface area contributed by atoms with Crippen molar-refractivity contribution in [2.45, 2.75) is 39.3 Å². The van der Waals surface area contributed by atoms with Gasteiger partial charge in [-0.1, -0.05) is 12.1 Å². The quantitative estimate of drug-likeness (QED) is 0.865. The Morgan fingerprint density at radius 3 is 2.15 bits per heavy atom. The first-order valence-corrected chi connectivity index (χ1v) is 8.89. The van der Waals surface area contributed by atoms with E-state index in [1.165, 1.54) is 0 Å². The highest BCUT2D eigenvalue weighted by atomic mass is 16.6. The second-order valence-electron chi connectivity index (χ2n) is 7.25. The molecule has 1 N–H and O–H groups in total. The molecule has 1 heterocycles. The fraction of sp³-hybridized carbons (Fsp3) is 0.579. The number of hydrogen-bond donors (Lipinski definition) is 1. The topological polar surface area (TPSA) is 79.3 Å². The molecule has 1 aromatic rings. The summed E-state index contributed by atoms with van der Waals surface area (Å²) in [6.45, 7) is 9.78. The highest BCUT2D eigenvalue weighted by Crippen LogP contribution is 2.25. The maximum Gasteiger partial charge on any atom is 0.410 e. The molecule has 2 rings (SSSR count). The van der Waals surface area contributed by atoms with E-state index < -0.39 is 17.6 Å². The average molecular weight is 364 g/mol. The van der Waals surface area contributed by atoms with Gasteiger partial charge in [-0.25, -0.2) is 4.79 Å². The molecule has 144 valence electrons. The lowest BCUT2D eigenvalue weighted by atomic mass is 10.0. The Hall–Kier alpha value is -2.28. The number of carbonyl (C=O) groups excluding carboxylic acids is 1. The number of carboxylic acids is 1. The number of carboxylic acid groups (broad SMARTS) is 1. The molecule has 0 spiro atoms. The summed E-state index contributed by atoms with van der Waals surface area (Å²) in [5, 5.41) is 9.70. The summed E-state index contributed by atoms with van der Waals surface area (Å²) in [5.41, 5.74) is 0.159. The van der Waals surface area contributed by atoms with Gasteiger partial charge in [0.1, 0.15) is 17.4 Å². The first-order chi connectivity index (χ1) is 12.2. The van der Waals surface area contributed by atoms with E-state index >= 15 is 0 Å². The summed E-state index contributed by atoms with van der Waals surface area (Å²) in [4.78, 5) is 27.5. The molecule has 0 unspecified atom stereocenters. The van der Waals surface area contributed by atoms with E-state index in [-0.39, 0.29) is 6.09 Å². The Kier molecular flexibility index (Phi) is 6.47. The van der Waals surface area contributed by atoms with Crippen molar-refractivity contribution >= 4 is 12.1 Å². The number of rotatable bonds is 5. The first-order valence-electron chi connectivity index (χ1n) is 8.89. The summed E-state index contributed by atoms with van der Waals surface area (Å²) < 4.78 is 10.8. The number of ether oxygens (including phenoxy) is 2. The van der Waals surface area contributed by atoms with Crippen LogP contribution in [0.25, 0.3) is 0 Å². The molecule has 0 aliphatic carbocycles. The number of nitrogens with zero attached hydrogens (tertiary/aromatic N) is 2. The van der Waals surface area contributed by atoms with Crippen LogP contribution in [0.2, 0.25) is 0 Å². The third kappa shape index (κ3) is 5.36. The maximum absolute atomic E-state index is 12.1. The van der Waals surface area contributed by atoms with Crippen LogP contribution < -0.4 is 4.74 Å². The van der Waals surface area contributed by atoms with Crippen LogP contribution in [0.4, 0.5) is 4.79 Å². The molecule has 1 saturated heterocycles. The van der Waals surface area contributed by atoms with Gasteiger partial charge in [0.15, 0.2) is 0 Å². The molecular formula is C19H28N2O5. The number of benzene rings is 1. The van der Waals surface area contributed by atoms with Crippen molar-refractivity contribution in [3.8, 4) is 5.75 Å². The Balaban J connectivity index is 2.02. The number of hydrogen-bond acceptors (Lipinski definition) is 5. The number of carbonyl (C=O) groups is 2. The zero-order valence-electron chi connectivity index (χ0n) is 15.9. The number of amides is 1. The lowest BCUT2D eigenvalue weighted by molar-refractivity contribution is -0.144. The van der Waals surface area contributed by atoms with Crippen LogP contribution in [0.3, 0.4) is 0 Å². The highest BCUT2D eigenvalue weighted by Gasteiger charge is 2.32. The second-order valence-corrected chi connectivity index (χ2v) is 7.25. The Morgan fingerprint density at radius 2 is 1.69 bits per heavy atom. The van der Waals surface area contributed by atoms with E-state index in [9.17, 15) is 14.7 Å². The maximum atomic E-state index is 12.1. The molecule has 0 bridgehead atoms. The van der Waals surface area contributed by atoms with Crippen LogP contribution in [0, 0.1) is 0 Å². The number of piperazine rings is 1. The third-order valence-electron chi connectivity index (χ3n) is 4.07. The van der Waals surface area contributed by atoms with Crippen LogP contribution in [-0.2, 0) is 9.53 Å². The zero-order valence-corrected chi connectivity index (χ0v) is 15.9. The molecule has 1 amide bonds. The van der Waals surface area contributed by atoms with Gasteiger partial charge >= 0.3 is 12.1 Å². The molecule has 1 atom stereocenters. The van der Waals surface area contributed by atoms with Crippen molar-refractivity contribution in [1.29, 1.82) is 0 Å². The summed E-state index contributed by atoms with van der Waals surface area (Å²) in [6, 6.07) is 6.39. The molecular weight excluding hydrogens is 336 g/mol. The predicted molar refractivity (Wildman–Crippen MR) is 97.4 cm³/mol. The lowest BCUT2D eigenvalue weighted by Gasteiger charge is -2.38. The number of aliphatic carboxylic acids is 1. The van der Waals surface area contributed by atoms with E-state index in [0.29, 0.717) is 38.3 Å². The van der Waals surface area contributed by atoms with Crippen molar-refractivity contribution < 1.29 is 24.2 Å². The molecule has 0 saturated carbocycles. The Bertz CT molecular complexity index is 616. The summed E-state index contributed by atoms with van der Waals surface area (Å²) in [7, 11) is 0. The fourth-order valence-electron chi connectivity index (χ4n) is 2.91. The van der Waals surface area contributed by atoms with E-state index in [0.717, 1.165) is 5.75 Å². The van der Waals surface area contributed by atoms with Crippen LogP contribution >= 0.6 is 0 Å². The van der Waals surface area contributed by atoms with E-state index in [2.05, 4.69) is 0 Å². The smallest absolute Gasteiger partial charge is 0.410 e. The van der Waals surface area contributed by atoms with Crippen LogP contribution in [0.15, 0.2) is 24.3 Å². The van der Waals surface area contributed by atoms with Gasteiger partial charge in [0.25, 0.3) is 0 Å². The minimum Gasteiger partial charge on any atom is -0.494 e. The molecule has 7 nitrogen and oxygen atoms in total. The van der Waals surface area contributed by atoms with Gasteiger partial charge in [0, 0.05) is 26.2 Å². The average Bonchev–Trinajstić information content (AvgIpc) is 2.55. The largest absolute Gasteiger partial charge is 0.494 e. The van der Waals surface area contributed by atoms with Gasteiger partial charge in [-0.3, -0.25) is 9.69 Å². The summed E-state index contributed by atoms with van der Waals surface area (Å²) in [6.07, 6.45) is -0.356. The molecule has 7 heteroatoms. The molecule has 1 aliphatic rings. The van der Waals surface area contributed by atoms with Crippen molar-refractivity contribution in [1.82, 2.24) is 9.80 Å². The van der Waals surface area contributed by atoms with Gasteiger partial charge in [-0.2, -0.15) is 0 Å². The van der Waals surface area contributed by atoms with E-state index in [1.54, 1.807) is 29.2 Å². The predicted octanol–water partition coefficient (Wildman–Crippen LogP) is 2.76. The molecule has 1 aliphatic heterocycles. The fourth-order valence-corrected chi connectivity index (χ4v) is 2.91. The van der Waals surface area contributed by atoms with Gasteiger partial charge < -0.3 is 19.5 Å². The third-order valence-corrected chi connectivity index (χ3v) is 4.07. The Morgan fingerprint density at radius 1 is 1.12 bits per heavy atom. The van der Waals surface area contributed by atoms with Gasteiger partial charge in [-0.05, 0) is 45.4 Å². The van der Waals surface area contributed by atoms with Gasteiger partial charge in [0.2, 0.25) is 0 Å². The second kappa shape index (κ2) is 8.40. The molecule has 0 radical (unpaired) electrons. The van der Waals surface area contributed by atoms with Gasteiger partial charge in [-0.15, -0.1) is 0 Å².